The Labute approximate surface area is 190 Å². The second kappa shape index (κ2) is 9.15. The summed E-state index contributed by atoms with van der Waals surface area (Å²) >= 11 is 0. The van der Waals surface area contributed by atoms with Crippen molar-refractivity contribution in [1.29, 1.82) is 0 Å². The zero-order chi connectivity index (χ0) is 23.5. The first-order chi connectivity index (χ1) is 15.9. The third-order valence-electron chi connectivity index (χ3n) is 5.71. The van der Waals surface area contributed by atoms with Crippen molar-refractivity contribution in [3.05, 3.63) is 71.4 Å². The number of nitrogens with one attached hydrogen (secondary N) is 2. The average molecular weight is 448 g/mol. The molecule has 0 fully saturated rings. The highest BCUT2D eigenvalue weighted by Crippen LogP contribution is 2.44. The molecule has 4 rings (SSSR count). The Morgan fingerprint density at radius 2 is 1.70 bits per heavy atom. The van der Waals surface area contributed by atoms with Crippen molar-refractivity contribution in [3.63, 3.8) is 0 Å². The van der Waals surface area contributed by atoms with Crippen LogP contribution in [0.2, 0.25) is 0 Å². The predicted molar refractivity (Wildman–Crippen MR) is 121 cm³/mol. The molecule has 0 aliphatic heterocycles. The maximum Gasteiger partial charge on any atom is 0.407 e. The van der Waals surface area contributed by atoms with Gasteiger partial charge in [-0.3, -0.25) is 9.48 Å². The number of alkyl carbamates (subject to hydrolysis) is 1. The minimum Gasteiger partial charge on any atom is -0.477 e. The summed E-state index contributed by atoms with van der Waals surface area (Å²) in [5.41, 5.74) is 4.39. The quantitative estimate of drug-likeness (QED) is 0.509. The van der Waals surface area contributed by atoms with Crippen molar-refractivity contribution >= 4 is 23.8 Å². The van der Waals surface area contributed by atoms with Crippen molar-refractivity contribution in [2.45, 2.75) is 25.3 Å². The van der Waals surface area contributed by atoms with Crippen LogP contribution in [0.15, 0.2) is 54.6 Å². The van der Waals surface area contributed by atoms with Crippen LogP contribution in [0.5, 0.6) is 0 Å². The van der Waals surface area contributed by atoms with E-state index in [1.807, 2.05) is 36.4 Å². The Morgan fingerprint density at radius 1 is 1.09 bits per heavy atom. The molecule has 0 unspecified atom stereocenters. The van der Waals surface area contributed by atoms with Gasteiger partial charge in [-0.25, -0.2) is 9.59 Å². The van der Waals surface area contributed by atoms with Crippen LogP contribution < -0.4 is 10.6 Å². The monoisotopic (exact) mass is 448 g/mol. The van der Waals surface area contributed by atoms with E-state index in [9.17, 15) is 14.4 Å². The van der Waals surface area contributed by atoms with Crippen LogP contribution in [-0.4, -0.2) is 45.5 Å². The van der Waals surface area contributed by atoms with Crippen molar-refractivity contribution < 1.29 is 24.2 Å². The molecule has 1 aliphatic carbocycles. The lowest BCUT2D eigenvalue weighted by atomic mass is 9.98. The normalized spacial score (nSPS) is 13.0. The van der Waals surface area contributed by atoms with Crippen molar-refractivity contribution in [1.82, 2.24) is 15.1 Å². The van der Waals surface area contributed by atoms with E-state index in [2.05, 4.69) is 27.9 Å². The Bertz CT molecular complexity index is 1170. The lowest BCUT2D eigenvalue weighted by molar-refractivity contribution is -0.118. The number of hydrogen-bond donors (Lipinski definition) is 3. The van der Waals surface area contributed by atoms with Crippen LogP contribution in [0.3, 0.4) is 0 Å². The molecule has 1 aliphatic rings. The third kappa shape index (κ3) is 4.43. The van der Waals surface area contributed by atoms with Crippen LogP contribution >= 0.6 is 0 Å². The van der Waals surface area contributed by atoms with Gasteiger partial charge in [0.1, 0.15) is 18.3 Å². The summed E-state index contributed by atoms with van der Waals surface area (Å²) in [6, 6.07) is 16.4. The summed E-state index contributed by atoms with van der Waals surface area (Å²) < 4.78 is 6.65. The van der Waals surface area contributed by atoms with E-state index >= 15 is 0 Å². The number of rotatable bonds is 7. The SMILES string of the molecule is CC[C@H](NC(=O)OCC1c2ccccc2-c2ccccc21)C(=O)Nc1cc(C(=O)O)n(C)n1. The van der Waals surface area contributed by atoms with E-state index < -0.39 is 24.0 Å². The zero-order valence-corrected chi connectivity index (χ0v) is 18.2. The summed E-state index contributed by atoms with van der Waals surface area (Å²) in [7, 11) is 1.46. The van der Waals surface area contributed by atoms with Crippen molar-refractivity contribution in [3.8, 4) is 11.1 Å². The van der Waals surface area contributed by atoms with Crippen molar-refractivity contribution in [2.24, 2.45) is 7.05 Å². The Morgan fingerprint density at radius 3 is 2.24 bits per heavy atom. The molecule has 1 heterocycles. The number of aryl methyl sites for hydroxylation is 1. The molecule has 0 spiro atoms. The smallest absolute Gasteiger partial charge is 0.407 e. The fraction of sp³-hybridized carbons (Fsp3) is 0.250. The summed E-state index contributed by atoms with van der Waals surface area (Å²) in [4.78, 5) is 36.2. The van der Waals surface area contributed by atoms with E-state index in [0.717, 1.165) is 26.9 Å². The third-order valence-corrected chi connectivity index (χ3v) is 5.71. The maximum absolute atomic E-state index is 12.6. The summed E-state index contributed by atoms with van der Waals surface area (Å²) in [6.45, 7) is 1.88. The number of fused-ring (bicyclic) bond motifs is 3. The minimum atomic E-state index is -1.16. The topological polar surface area (TPSA) is 123 Å². The number of hydrogen-bond acceptors (Lipinski definition) is 5. The van der Waals surface area contributed by atoms with Gasteiger partial charge in [0.2, 0.25) is 5.91 Å². The van der Waals surface area contributed by atoms with Gasteiger partial charge in [-0.05, 0) is 28.7 Å². The molecule has 0 saturated heterocycles. The molecule has 0 radical (unpaired) electrons. The molecule has 1 atom stereocenters. The van der Waals surface area contributed by atoms with Crippen LogP contribution in [-0.2, 0) is 16.6 Å². The van der Waals surface area contributed by atoms with Crippen LogP contribution in [0.1, 0.15) is 40.9 Å². The highest BCUT2D eigenvalue weighted by atomic mass is 16.5. The van der Waals surface area contributed by atoms with E-state index in [-0.39, 0.29) is 24.0 Å². The van der Waals surface area contributed by atoms with Gasteiger partial charge >= 0.3 is 12.1 Å². The molecule has 3 N–H and O–H groups in total. The summed E-state index contributed by atoms with van der Waals surface area (Å²) in [6.07, 6.45) is -0.389. The number of anilines is 1. The largest absolute Gasteiger partial charge is 0.477 e. The number of amides is 2. The predicted octanol–water partition coefficient (Wildman–Crippen LogP) is 3.37. The molecule has 2 amide bonds. The van der Waals surface area contributed by atoms with Gasteiger partial charge in [0, 0.05) is 19.0 Å². The summed E-state index contributed by atoms with van der Waals surface area (Å²) in [5.74, 6) is -1.66. The van der Waals surface area contributed by atoms with Gasteiger partial charge in [-0.1, -0.05) is 55.5 Å². The number of ether oxygens (including phenoxy) is 1. The number of carbonyl (C=O) groups is 3. The summed E-state index contributed by atoms with van der Waals surface area (Å²) in [5, 5.41) is 18.2. The van der Waals surface area contributed by atoms with Crippen molar-refractivity contribution in [2.75, 3.05) is 11.9 Å². The van der Waals surface area contributed by atoms with E-state index in [1.165, 1.54) is 13.1 Å². The first kappa shape index (κ1) is 22.1. The number of carboxylic acids is 1. The van der Waals surface area contributed by atoms with Crippen LogP contribution in [0, 0.1) is 0 Å². The lowest BCUT2D eigenvalue weighted by Crippen LogP contribution is -2.43. The lowest BCUT2D eigenvalue weighted by Gasteiger charge is -2.18. The molecule has 170 valence electrons. The number of aromatic carboxylic acids is 1. The molecule has 2 aromatic carbocycles. The number of nitrogens with zero attached hydrogens (tertiary/aromatic N) is 2. The number of carbonyl (C=O) groups excluding carboxylic acids is 2. The number of carboxylic acid groups (broad SMARTS) is 1. The molecular formula is C24H24N4O5. The molecule has 33 heavy (non-hydrogen) atoms. The fourth-order valence-electron chi connectivity index (χ4n) is 4.08. The molecule has 0 bridgehead atoms. The zero-order valence-electron chi connectivity index (χ0n) is 18.2. The Kier molecular flexibility index (Phi) is 6.12. The van der Waals surface area contributed by atoms with Gasteiger partial charge in [-0.15, -0.1) is 0 Å². The second-order valence-electron chi connectivity index (χ2n) is 7.76. The van der Waals surface area contributed by atoms with Gasteiger partial charge in [0.05, 0.1) is 0 Å². The standard InChI is InChI=1S/C24H24N4O5/c1-3-19(22(29)26-21-12-20(23(30)31)28(2)27-21)25-24(32)33-13-18-16-10-6-4-8-14(16)15-9-5-7-11-17(15)18/h4-12,18-19H,3,13H2,1-2H3,(H,25,32)(H,30,31)(H,26,27,29)/t19-/m0/s1. The van der Waals surface area contributed by atoms with Gasteiger partial charge < -0.3 is 20.5 Å². The molecular weight excluding hydrogens is 424 g/mol. The number of benzene rings is 2. The molecule has 3 aromatic rings. The number of aromatic nitrogens is 2. The van der Waals surface area contributed by atoms with Gasteiger partial charge in [0.15, 0.2) is 5.82 Å². The first-order valence-corrected chi connectivity index (χ1v) is 10.6. The highest BCUT2D eigenvalue weighted by Gasteiger charge is 2.29. The Hall–Kier alpha value is -4.14. The van der Waals surface area contributed by atoms with Crippen LogP contribution in [0.25, 0.3) is 11.1 Å². The van der Waals surface area contributed by atoms with E-state index in [0.29, 0.717) is 6.42 Å². The Balaban J connectivity index is 1.38. The van der Waals surface area contributed by atoms with Crippen LogP contribution in [0.4, 0.5) is 10.6 Å². The maximum atomic E-state index is 12.6. The van der Waals surface area contributed by atoms with Gasteiger partial charge in [0.25, 0.3) is 0 Å². The molecule has 9 heteroatoms. The molecule has 1 aromatic heterocycles. The first-order valence-electron chi connectivity index (χ1n) is 10.6. The molecule has 9 nitrogen and oxygen atoms in total. The average Bonchev–Trinajstić information content (AvgIpc) is 3.33. The second-order valence-corrected chi connectivity index (χ2v) is 7.76. The minimum absolute atomic E-state index is 0.0668. The molecule has 0 saturated carbocycles. The van der Waals surface area contributed by atoms with Gasteiger partial charge in [-0.2, -0.15) is 5.10 Å². The highest BCUT2D eigenvalue weighted by molar-refractivity contribution is 5.97. The fourth-order valence-corrected chi connectivity index (χ4v) is 4.08. The van der Waals surface area contributed by atoms with E-state index in [4.69, 9.17) is 9.84 Å². The van der Waals surface area contributed by atoms with E-state index in [1.54, 1.807) is 6.92 Å².